The fourth-order valence-electron chi connectivity index (χ4n) is 15.8. The molecule has 612 valence electrons. The number of fused-ring (bicyclic) bond motifs is 5. The molecule has 16 rings (SSSR count). The average Bonchev–Trinajstić information content (AvgIpc) is 0.835. The van der Waals surface area contributed by atoms with Gasteiger partial charge >= 0.3 is 12.2 Å². The number of pyridine rings is 2. The van der Waals surface area contributed by atoms with E-state index in [0.717, 1.165) is 187 Å². The van der Waals surface area contributed by atoms with Crippen LogP contribution in [-0.4, -0.2) is 160 Å². The molecule has 9 heterocycles. The van der Waals surface area contributed by atoms with Gasteiger partial charge in [0.1, 0.15) is 17.5 Å². The topological polar surface area (TPSA) is 249 Å². The van der Waals surface area contributed by atoms with E-state index in [2.05, 4.69) is 57.2 Å². The second-order valence-electron chi connectivity index (χ2n) is 33.4. The highest BCUT2D eigenvalue weighted by atomic mass is 35.5. The molecular formula is C95H112ClN13O8. The number of nitrogens with zero attached hydrogens (tertiary/aromatic N) is 12. The molecule has 21 nitrogen and oxygen atoms in total. The van der Waals surface area contributed by atoms with Gasteiger partial charge in [0, 0.05) is 147 Å². The van der Waals surface area contributed by atoms with E-state index in [0.29, 0.717) is 68.9 Å². The number of hydrogen-bond acceptors (Lipinski definition) is 19. The zero-order chi connectivity index (χ0) is 81.6. The van der Waals surface area contributed by atoms with Crippen LogP contribution in [0.2, 0.25) is 0 Å². The molecule has 1 N–H and O–H groups in total. The number of benzene rings is 5. The van der Waals surface area contributed by atoms with E-state index in [1.807, 2.05) is 225 Å². The summed E-state index contributed by atoms with van der Waals surface area (Å²) in [5.74, 6) is 5.08. The maximum absolute atomic E-state index is 13.1. The molecule has 5 aromatic carbocycles. The first kappa shape index (κ1) is 87.0. The third kappa shape index (κ3) is 25.3. The monoisotopic (exact) mass is 1600 g/mol. The van der Waals surface area contributed by atoms with Gasteiger partial charge in [-0.2, -0.15) is 0 Å². The predicted octanol–water partition coefficient (Wildman–Crippen LogP) is 18.0. The smallest absolute Gasteiger partial charge is 0.410 e. The summed E-state index contributed by atoms with van der Waals surface area (Å²) in [6, 6.07) is 49.6. The summed E-state index contributed by atoms with van der Waals surface area (Å²) in [6.45, 7) is 17.8. The molecule has 0 unspecified atom stereocenters. The Bertz CT molecular complexity index is 5010. The van der Waals surface area contributed by atoms with Crippen molar-refractivity contribution in [2.45, 2.75) is 175 Å². The zero-order valence-corrected chi connectivity index (χ0v) is 69.8. The Morgan fingerprint density at radius 3 is 1.39 bits per heavy atom. The van der Waals surface area contributed by atoms with Crippen LogP contribution in [0.5, 0.6) is 0 Å². The Balaban J connectivity index is 0.000000149. The standard InChI is InChI=1S/C32H34N4O.C19H21NO2.C18H21N3O2.C13H13N3.C13H22N2O3.ClH/c37-31(28-8-4-10-29-27(28)9-5-17-33-29)20-24-13-11-23(12-14-24)15-18-36-19-16-26-21-34-32(35-30(26)22-36)25-6-2-1-3-7-25;21-12-10-14-6-8-15(9-7-14)13-19(22)17-3-1-5-18-16(17)4-2-11-20-18;1-18(2,3)23-17(22)21-10-9-14-11-19-16(20-15(14)12-21)13-7-5-4-6-8-13;1-2-4-10(5-3-1)13-15-8-11-6-7-14-9-12(11)16-13;1-13(2,3)18-12(17)15-7-6-10(8-14(4)5)11(16)9-15;/h1-10,17,21,23-24H,11-16,18-20,22H2;1-5,11-12,14-15H,6-10,13H2;4-8,11H,9-10,12H2,1-3H3;1-5,8,14H,6-7,9H2;8H,6-7,9H2,1-5H3;1H/b;;;;10-8+;. The fourth-order valence-corrected chi connectivity index (χ4v) is 15.8. The van der Waals surface area contributed by atoms with Crippen LogP contribution in [0.25, 0.3) is 56.0 Å². The molecule has 2 aliphatic carbocycles. The molecule has 4 aliphatic heterocycles. The molecule has 2 amide bonds. The van der Waals surface area contributed by atoms with E-state index in [1.54, 1.807) is 17.3 Å². The predicted molar refractivity (Wildman–Crippen MR) is 461 cm³/mol. The lowest BCUT2D eigenvalue weighted by atomic mass is 9.78. The van der Waals surface area contributed by atoms with Crippen molar-refractivity contribution in [1.82, 2.24) is 64.8 Å². The van der Waals surface area contributed by atoms with Crippen LogP contribution in [0.15, 0.2) is 194 Å². The number of hydrogen-bond donors (Lipinski definition) is 1. The first-order valence-corrected chi connectivity index (χ1v) is 41.2. The van der Waals surface area contributed by atoms with Crippen LogP contribution in [0, 0.1) is 23.7 Å². The lowest BCUT2D eigenvalue weighted by molar-refractivity contribution is -0.118. The summed E-state index contributed by atoms with van der Waals surface area (Å²) < 4.78 is 10.7. The molecule has 2 saturated carbocycles. The number of amides is 2. The molecule has 0 radical (unpaired) electrons. The molecule has 0 atom stereocenters. The summed E-state index contributed by atoms with van der Waals surface area (Å²) in [4.78, 5) is 116. The number of likely N-dealkylation sites (tertiary alicyclic amines) is 1. The van der Waals surface area contributed by atoms with Crippen molar-refractivity contribution >= 4 is 70.0 Å². The Hall–Kier alpha value is -10.9. The van der Waals surface area contributed by atoms with Crippen LogP contribution in [0.1, 0.15) is 180 Å². The van der Waals surface area contributed by atoms with Gasteiger partial charge < -0.3 is 34.3 Å². The van der Waals surface area contributed by atoms with Crippen LogP contribution in [-0.2, 0) is 58.0 Å². The Morgan fingerprint density at radius 1 is 0.487 bits per heavy atom. The summed E-state index contributed by atoms with van der Waals surface area (Å²) in [7, 11) is 3.75. The number of carbonyl (C=O) groups is 6. The summed E-state index contributed by atoms with van der Waals surface area (Å²) in [5, 5.41) is 5.26. The van der Waals surface area contributed by atoms with Gasteiger partial charge in [-0.1, -0.05) is 140 Å². The van der Waals surface area contributed by atoms with E-state index in [-0.39, 0.29) is 42.4 Å². The number of piperidine rings is 1. The highest BCUT2D eigenvalue weighted by molar-refractivity contribution is 6.08. The van der Waals surface area contributed by atoms with Crippen LogP contribution in [0.4, 0.5) is 9.59 Å². The SMILES string of the molecule is CC(C)(C)OC(=O)N1CCc2cnc(-c3ccccc3)nc2C1.CN(C)/C=C1\CCN(C(=O)OC(C)(C)C)CC1=O.Cl.O=C(CC1CCC(CCN2CCc3cnc(-c4ccccc4)nc3C2)CC1)c1cccc2ncccc12.O=CCC1CCC(CC(=O)c2cccc3ncccc23)CC1.c1ccc(-c2ncc3c(n2)CNCC3)cc1. The van der Waals surface area contributed by atoms with Gasteiger partial charge in [0.05, 0.1) is 41.2 Å². The van der Waals surface area contributed by atoms with Gasteiger partial charge in [0.25, 0.3) is 0 Å². The van der Waals surface area contributed by atoms with Crippen molar-refractivity contribution in [1.29, 1.82) is 0 Å². The van der Waals surface area contributed by atoms with Crippen molar-refractivity contribution in [2.75, 3.05) is 53.4 Å². The molecule has 1 saturated heterocycles. The van der Waals surface area contributed by atoms with Crippen molar-refractivity contribution in [3.8, 4) is 34.2 Å². The third-order valence-electron chi connectivity index (χ3n) is 22.0. The minimum Gasteiger partial charge on any atom is -0.444 e. The second-order valence-corrected chi connectivity index (χ2v) is 33.4. The van der Waals surface area contributed by atoms with Gasteiger partial charge in [0.2, 0.25) is 0 Å². The number of aromatic nitrogens is 8. The Morgan fingerprint density at radius 2 is 0.923 bits per heavy atom. The molecule has 22 heteroatoms. The molecule has 5 aromatic heterocycles. The molecule has 6 aliphatic rings. The number of halogens is 1. The van der Waals surface area contributed by atoms with E-state index >= 15 is 0 Å². The Labute approximate surface area is 694 Å². The maximum Gasteiger partial charge on any atom is 0.410 e. The van der Waals surface area contributed by atoms with Gasteiger partial charge in [0.15, 0.2) is 34.8 Å². The van der Waals surface area contributed by atoms with Crippen molar-refractivity contribution in [3.05, 3.63) is 239 Å². The van der Waals surface area contributed by atoms with Gasteiger partial charge in [-0.05, 0) is 190 Å². The average molecular weight is 1600 g/mol. The van der Waals surface area contributed by atoms with Crippen LogP contribution in [0.3, 0.4) is 0 Å². The molecule has 117 heavy (non-hydrogen) atoms. The van der Waals surface area contributed by atoms with E-state index in [9.17, 15) is 28.8 Å². The lowest BCUT2D eigenvalue weighted by Crippen LogP contribution is -2.44. The van der Waals surface area contributed by atoms with Crippen molar-refractivity contribution in [2.24, 2.45) is 23.7 Å². The molecule has 0 spiro atoms. The molecule has 10 aromatic rings. The fraction of sp³-hybridized carbons (Fsp3) is 0.411. The molecule has 0 bridgehead atoms. The number of rotatable bonds is 15. The molecule has 3 fully saturated rings. The third-order valence-corrected chi connectivity index (χ3v) is 22.0. The first-order valence-electron chi connectivity index (χ1n) is 41.2. The minimum atomic E-state index is -0.528. The van der Waals surface area contributed by atoms with Crippen molar-refractivity contribution < 1.29 is 38.2 Å². The van der Waals surface area contributed by atoms with E-state index in [1.165, 1.54) is 41.0 Å². The summed E-state index contributed by atoms with van der Waals surface area (Å²) >= 11 is 0. The first-order chi connectivity index (χ1) is 56.0. The number of nitrogens with one attached hydrogen (secondary N) is 1. The van der Waals surface area contributed by atoms with Crippen LogP contribution < -0.4 is 5.32 Å². The lowest BCUT2D eigenvalue weighted by Gasteiger charge is -2.32. The highest BCUT2D eigenvalue weighted by Gasteiger charge is 2.32. The Kier molecular flexibility index (Phi) is 31.1. The van der Waals surface area contributed by atoms with Crippen LogP contribution >= 0.6 is 12.4 Å². The molecular weight excluding hydrogens is 1490 g/mol. The van der Waals surface area contributed by atoms with E-state index < -0.39 is 17.3 Å². The number of ether oxygens (including phenoxy) is 2. The quantitative estimate of drug-likeness (QED) is 0.0569. The largest absolute Gasteiger partial charge is 0.444 e. The van der Waals surface area contributed by atoms with Gasteiger partial charge in [-0.3, -0.25) is 29.3 Å². The van der Waals surface area contributed by atoms with Gasteiger partial charge in [-0.25, -0.2) is 39.5 Å². The number of ketones is 3. The summed E-state index contributed by atoms with van der Waals surface area (Å²) in [6.07, 6.45) is 27.2. The maximum atomic E-state index is 13.1. The van der Waals surface area contributed by atoms with E-state index in [4.69, 9.17) is 14.5 Å². The normalized spacial score (nSPS) is 18.1. The summed E-state index contributed by atoms with van der Waals surface area (Å²) in [5.41, 5.74) is 13.2. The minimum absolute atomic E-state index is 0. The second kappa shape index (κ2) is 41.8. The highest BCUT2D eigenvalue weighted by Crippen LogP contribution is 2.37. The number of Topliss-reactive ketones (excluding diaryl/α,β-unsaturated/α-hetero) is 3. The van der Waals surface area contributed by atoms with Gasteiger partial charge in [-0.15, -0.1) is 12.4 Å². The van der Waals surface area contributed by atoms with Crippen molar-refractivity contribution in [3.63, 3.8) is 0 Å². The number of carbonyl (C=O) groups excluding carboxylic acids is 6. The zero-order valence-electron chi connectivity index (χ0n) is 69.0. The number of aldehydes is 1.